The third-order valence-corrected chi connectivity index (χ3v) is 3.12. The highest BCUT2D eigenvalue weighted by atomic mass is 15.1. The predicted molar refractivity (Wildman–Crippen MR) is 135 cm³/mol. The van der Waals surface area contributed by atoms with Gasteiger partial charge in [-0.2, -0.15) is 0 Å². The highest BCUT2D eigenvalue weighted by Crippen LogP contribution is 1.92. The fourth-order valence-electron chi connectivity index (χ4n) is 0.458. The molecule has 0 saturated heterocycles. The van der Waals surface area contributed by atoms with Gasteiger partial charge in [-0.25, -0.2) is 0 Å². The maximum absolute atomic E-state index is 3.93. The van der Waals surface area contributed by atoms with Crippen molar-refractivity contribution >= 4 is 11.5 Å². The summed E-state index contributed by atoms with van der Waals surface area (Å²) < 4.78 is 0. The Labute approximate surface area is 178 Å². The molecule has 5 heteroatoms. The maximum Gasteiger partial charge on any atom is 0.0948 e. The Morgan fingerprint density at radius 2 is 0.893 bits per heavy atom. The lowest BCUT2D eigenvalue weighted by Crippen LogP contribution is -2.17. The summed E-state index contributed by atoms with van der Waals surface area (Å²) in [5.41, 5.74) is 3.81. The van der Waals surface area contributed by atoms with E-state index < -0.39 is 0 Å². The fourth-order valence-corrected chi connectivity index (χ4v) is 0.458. The van der Waals surface area contributed by atoms with Crippen molar-refractivity contribution in [2.24, 2.45) is 9.98 Å². The summed E-state index contributed by atoms with van der Waals surface area (Å²) in [5.74, 6) is 1.06. The van der Waals surface area contributed by atoms with Gasteiger partial charge in [-0.3, -0.25) is 9.98 Å². The van der Waals surface area contributed by atoms with E-state index in [0.717, 1.165) is 11.5 Å². The summed E-state index contributed by atoms with van der Waals surface area (Å²) in [6.07, 6.45) is 4.17. The van der Waals surface area contributed by atoms with E-state index in [0.29, 0.717) is 0 Å². The van der Waals surface area contributed by atoms with Crippen LogP contribution in [0.4, 0.5) is 0 Å². The van der Waals surface area contributed by atoms with Gasteiger partial charge in [0, 0.05) is 53.7 Å². The molecule has 0 fully saturated rings. The van der Waals surface area contributed by atoms with Crippen molar-refractivity contribution in [1.82, 2.24) is 14.7 Å². The first-order chi connectivity index (χ1) is 12.6. The van der Waals surface area contributed by atoms with Gasteiger partial charge < -0.3 is 14.7 Å². The van der Waals surface area contributed by atoms with Gasteiger partial charge >= 0.3 is 0 Å². The van der Waals surface area contributed by atoms with E-state index in [1.807, 2.05) is 93.8 Å². The molecule has 0 aromatic heterocycles. The summed E-state index contributed by atoms with van der Waals surface area (Å²) in [5, 5.41) is 0. The van der Waals surface area contributed by atoms with Crippen LogP contribution in [-0.4, -0.2) is 89.7 Å². The second-order valence-electron chi connectivity index (χ2n) is 7.37. The average Bonchev–Trinajstić information content (AvgIpc) is 2.60. The number of nitrogens with zero attached hydrogens (tertiary/aromatic N) is 5. The lowest BCUT2D eigenvalue weighted by Gasteiger charge is -2.10. The van der Waals surface area contributed by atoms with Gasteiger partial charge in [0.1, 0.15) is 0 Å². The topological polar surface area (TPSA) is 34.4 Å². The molecule has 28 heavy (non-hydrogen) atoms. The van der Waals surface area contributed by atoms with Crippen molar-refractivity contribution in [2.45, 2.75) is 55.4 Å². The Morgan fingerprint density at radius 3 is 0.893 bits per heavy atom. The lowest BCUT2D eigenvalue weighted by molar-refractivity contribution is 0.505. The van der Waals surface area contributed by atoms with Crippen LogP contribution < -0.4 is 0 Å². The number of rotatable bonds is 1. The molecule has 170 valence electrons. The molecule has 0 aliphatic rings. The monoisotopic (exact) mass is 399 g/mol. The van der Waals surface area contributed by atoms with E-state index >= 15 is 0 Å². The third kappa shape index (κ3) is 64.4. The zero-order valence-corrected chi connectivity index (χ0v) is 22.4. The molecule has 0 unspecified atom stereocenters. The van der Waals surface area contributed by atoms with Crippen molar-refractivity contribution in [3.05, 3.63) is 23.4 Å². The Balaban J connectivity index is -0.0000000801. The van der Waals surface area contributed by atoms with Gasteiger partial charge in [-0.1, -0.05) is 17.7 Å². The molecule has 5 nitrogen and oxygen atoms in total. The lowest BCUT2D eigenvalue weighted by atomic mass is 10.3. The van der Waals surface area contributed by atoms with Gasteiger partial charge in [0.15, 0.2) is 0 Å². The van der Waals surface area contributed by atoms with Crippen LogP contribution in [0.2, 0.25) is 0 Å². The Hall–Kier alpha value is -1.62. The van der Waals surface area contributed by atoms with E-state index in [1.165, 1.54) is 11.3 Å². The summed E-state index contributed by atoms with van der Waals surface area (Å²) in [7, 11) is 17.6. The van der Waals surface area contributed by atoms with Crippen molar-refractivity contribution in [1.29, 1.82) is 0 Å². The van der Waals surface area contributed by atoms with Crippen LogP contribution in [-0.2, 0) is 0 Å². The second kappa shape index (κ2) is 27.6. The zero-order chi connectivity index (χ0) is 23.9. The first-order valence-corrected chi connectivity index (χ1v) is 9.65. The molecular formula is C23H53N5. The van der Waals surface area contributed by atoms with Crippen LogP contribution >= 0.6 is 0 Å². The van der Waals surface area contributed by atoms with Crippen LogP contribution in [0, 0.1) is 0 Å². The number of hydrogen-bond acceptors (Lipinski definition) is 4. The number of allylic oxidation sites excluding steroid dienone is 4. The van der Waals surface area contributed by atoms with Gasteiger partial charge in [0.05, 0.1) is 5.84 Å². The van der Waals surface area contributed by atoms with Crippen LogP contribution in [0.5, 0.6) is 0 Å². The highest BCUT2D eigenvalue weighted by Gasteiger charge is 1.85. The Morgan fingerprint density at radius 1 is 0.607 bits per heavy atom. The number of amidine groups is 1. The van der Waals surface area contributed by atoms with Gasteiger partial charge in [-0.15, -0.1) is 0 Å². The van der Waals surface area contributed by atoms with E-state index in [-0.39, 0.29) is 0 Å². The van der Waals surface area contributed by atoms with Crippen LogP contribution in [0.25, 0.3) is 0 Å². The molecule has 0 saturated carbocycles. The van der Waals surface area contributed by atoms with Crippen molar-refractivity contribution < 1.29 is 0 Å². The first-order valence-electron chi connectivity index (χ1n) is 9.65. The Kier molecular flexibility index (Phi) is 36.6. The minimum Gasteiger partial charge on any atom is -0.381 e. The summed E-state index contributed by atoms with van der Waals surface area (Å²) >= 11 is 0. The van der Waals surface area contributed by atoms with E-state index in [2.05, 4.69) is 47.8 Å². The van der Waals surface area contributed by atoms with Gasteiger partial charge in [-0.05, 0) is 76.5 Å². The molecule has 0 rings (SSSR count). The minimum absolute atomic E-state index is 1.06. The molecule has 0 atom stereocenters. The molecular weight excluding hydrogens is 346 g/mol. The van der Waals surface area contributed by atoms with Crippen molar-refractivity contribution in [3.63, 3.8) is 0 Å². The molecule has 0 heterocycles. The molecule has 0 spiro atoms. The molecule has 0 bridgehead atoms. The Bertz CT molecular complexity index is 380. The summed E-state index contributed by atoms with van der Waals surface area (Å²) in [4.78, 5) is 13.8. The number of hydrogen-bond donors (Lipinski definition) is 0. The van der Waals surface area contributed by atoms with E-state index in [4.69, 9.17) is 0 Å². The minimum atomic E-state index is 1.06. The van der Waals surface area contributed by atoms with E-state index in [1.54, 1.807) is 14.1 Å². The molecule has 0 amide bonds. The average molecular weight is 400 g/mol. The largest absolute Gasteiger partial charge is 0.381 e. The smallest absolute Gasteiger partial charge is 0.0948 e. The molecule has 0 aromatic rings. The highest BCUT2D eigenvalue weighted by molar-refractivity contribution is 5.79. The molecule has 0 aliphatic carbocycles. The fraction of sp³-hybridized carbons (Fsp3) is 0.739. The zero-order valence-electron chi connectivity index (χ0n) is 22.4. The predicted octanol–water partition coefficient (Wildman–Crippen LogP) is 5.32. The second-order valence-corrected chi connectivity index (χ2v) is 7.37. The van der Waals surface area contributed by atoms with Gasteiger partial charge in [0.2, 0.25) is 0 Å². The van der Waals surface area contributed by atoms with Gasteiger partial charge in [0.25, 0.3) is 0 Å². The third-order valence-electron chi connectivity index (χ3n) is 3.12. The normalized spacial score (nSPS) is 9.64. The first kappa shape index (κ1) is 37.2. The maximum atomic E-state index is 3.93. The SMILES string of the molecule is CC=C(C)C.CC=C(C)N(C)C.CN(C)C.CN=C(C)C.CN=C(C)N(C)C. The quantitative estimate of drug-likeness (QED) is 0.340. The van der Waals surface area contributed by atoms with Crippen LogP contribution in [0.3, 0.4) is 0 Å². The molecule has 0 radical (unpaired) electrons. The summed E-state index contributed by atoms with van der Waals surface area (Å²) in [6.45, 7) is 16.2. The standard InChI is InChI=1S/C6H13N.C5H12N2.C5H10.C4H9N.C3H9N/c1-5-6(2)7(3)4;1-5(6-2)7(3)4;1-4-5(2)3;1-4(2)5-3;1-4(2)3/h5H,1-4H3;1-4H3;4H,1-3H3;1-3H3;1-3H3. The molecule has 0 N–H and O–H groups in total. The van der Waals surface area contributed by atoms with Crippen molar-refractivity contribution in [3.8, 4) is 0 Å². The molecule has 0 aromatic carbocycles. The summed E-state index contributed by atoms with van der Waals surface area (Å²) in [6, 6.07) is 0. The van der Waals surface area contributed by atoms with Crippen molar-refractivity contribution in [2.75, 3.05) is 63.4 Å². The van der Waals surface area contributed by atoms with Crippen LogP contribution in [0.15, 0.2) is 33.4 Å². The number of aliphatic imine (C=N–C) groups is 2. The van der Waals surface area contributed by atoms with E-state index in [9.17, 15) is 0 Å². The van der Waals surface area contributed by atoms with Crippen LogP contribution in [0.1, 0.15) is 55.4 Å². The molecule has 0 aliphatic heterocycles.